The normalized spacial score (nSPS) is 18.8. The van der Waals surface area contributed by atoms with Crippen molar-refractivity contribution in [2.45, 2.75) is 38.0 Å². The number of rotatable bonds is 10. The maximum Gasteiger partial charge on any atom is 0.230 e. The lowest BCUT2D eigenvalue weighted by Gasteiger charge is -2.29. The molecule has 2 N–H and O–H groups in total. The van der Waals surface area contributed by atoms with Gasteiger partial charge in [-0.3, -0.25) is 14.8 Å². The third-order valence-electron chi connectivity index (χ3n) is 6.48. The summed E-state index contributed by atoms with van der Waals surface area (Å²) in [5, 5.41) is 0. The fraction of sp³-hybridized carbons (Fsp3) is 0.370. The first-order valence-corrected chi connectivity index (χ1v) is 11.6. The minimum atomic E-state index is -0.310. The molecule has 2 aromatic carbocycles. The van der Waals surface area contributed by atoms with Crippen molar-refractivity contribution in [3.8, 4) is 11.1 Å². The van der Waals surface area contributed by atoms with E-state index in [1.54, 1.807) is 37.7 Å². The highest BCUT2D eigenvalue weighted by Gasteiger charge is 2.47. The van der Waals surface area contributed by atoms with E-state index in [1.165, 1.54) is 0 Å². The third-order valence-corrected chi connectivity index (χ3v) is 6.48. The molecule has 1 aliphatic rings. The molecule has 3 aromatic rings. The molecule has 1 heterocycles. The van der Waals surface area contributed by atoms with Crippen molar-refractivity contribution < 1.29 is 14.3 Å². The van der Waals surface area contributed by atoms with E-state index in [4.69, 9.17) is 15.2 Å². The van der Waals surface area contributed by atoms with E-state index < -0.39 is 0 Å². The van der Waals surface area contributed by atoms with Crippen molar-refractivity contribution in [1.29, 1.82) is 0 Å². The number of methoxy groups -OCH3 is 2. The van der Waals surface area contributed by atoms with Gasteiger partial charge in [-0.1, -0.05) is 36.4 Å². The summed E-state index contributed by atoms with van der Waals surface area (Å²) in [5.74, 6) is 0.0468. The first-order valence-electron chi connectivity index (χ1n) is 11.6. The summed E-state index contributed by atoms with van der Waals surface area (Å²) in [6.45, 7) is 2.89. The number of nitrogens with zero attached hydrogens (tertiary/aromatic N) is 3. The lowest BCUT2D eigenvalue weighted by molar-refractivity contribution is -0.120. The van der Waals surface area contributed by atoms with Gasteiger partial charge in [-0.05, 0) is 42.2 Å². The first-order chi connectivity index (χ1) is 16.5. The van der Waals surface area contributed by atoms with Gasteiger partial charge < -0.3 is 20.1 Å². The van der Waals surface area contributed by atoms with Gasteiger partial charge in [0.25, 0.3) is 0 Å². The quantitative estimate of drug-likeness (QED) is 0.495. The predicted octanol–water partition coefficient (Wildman–Crippen LogP) is 3.79. The second kappa shape index (κ2) is 10.9. The molecule has 1 saturated carbocycles. The number of nitrogens with two attached hydrogens (primary N) is 1. The molecule has 1 fully saturated rings. The van der Waals surface area contributed by atoms with Gasteiger partial charge >= 0.3 is 0 Å². The minimum absolute atomic E-state index is 0.0612. The Morgan fingerprint density at radius 1 is 1.09 bits per heavy atom. The Morgan fingerprint density at radius 3 is 2.35 bits per heavy atom. The molecule has 0 saturated heterocycles. The molecular formula is C27H32N4O3. The van der Waals surface area contributed by atoms with Crippen molar-refractivity contribution in [3.05, 3.63) is 78.4 Å². The Hall–Kier alpha value is -3.13. The zero-order chi connectivity index (χ0) is 24.1. The molecule has 0 unspecified atom stereocenters. The fourth-order valence-corrected chi connectivity index (χ4v) is 4.15. The molecule has 34 heavy (non-hydrogen) atoms. The van der Waals surface area contributed by atoms with Gasteiger partial charge in [-0.15, -0.1) is 0 Å². The van der Waals surface area contributed by atoms with Gasteiger partial charge in [0.1, 0.15) is 0 Å². The standard InChI is InChI=1S/C27H32N4O3/c1-18(34-3)25(28)16-31(27(32)24-14-23(24)26-15-29-12-13-30-26)22-10-8-21(9-11-22)20-6-4-19(5-7-20)17-33-2/h4-13,15,18,23-25H,14,16-17,28H2,1-3H3/t18-,23-,24-,25-/m1/s1. The van der Waals surface area contributed by atoms with Crippen molar-refractivity contribution in [2.24, 2.45) is 11.7 Å². The molecule has 0 radical (unpaired) electrons. The number of hydrogen-bond donors (Lipinski definition) is 1. The van der Waals surface area contributed by atoms with E-state index in [0.29, 0.717) is 13.2 Å². The molecule has 0 bridgehead atoms. The molecule has 1 aliphatic carbocycles. The van der Waals surface area contributed by atoms with Crippen molar-refractivity contribution in [3.63, 3.8) is 0 Å². The molecule has 1 aromatic heterocycles. The lowest BCUT2D eigenvalue weighted by atomic mass is 10.0. The highest BCUT2D eigenvalue weighted by atomic mass is 16.5. The van der Waals surface area contributed by atoms with Gasteiger partial charge in [0.15, 0.2) is 0 Å². The van der Waals surface area contributed by atoms with Gasteiger partial charge in [0.05, 0.1) is 18.4 Å². The van der Waals surface area contributed by atoms with Gasteiger partial charge in [-0.2, -0.15) is 0 Å². The van der Waals surface area contributed by atoms with Crippen LogP contribution < -0.4 is 10.6 Å². The van der Waals surface area contributed by atoms with Crippen LogP contribution in [0.5, 0.6) is 0 Å². The molecule has 0 aliphatic heterocycles. The Balaban J connectivity index is 1.54. The summed E-state index contributed by atoms with van der Waals surface area (Å²) < 4.78 is 10.6. The molecule has 4 atom stereocenters. The number of carbonyl (C=O) groups is 1. The summed E-state index contributed by atoms with van der Waals surface area (Å²) >= 11 is 0. The van der Waals surface area contributed by atoms with Crippen LogP contribution in [0.25, 0.3) is 11.1 Å². The Bertz CT molecular complexity index is 1070. The van der Waals surface area contributed by atoms with Crippen LogP contribution in [0.15, 0.2) is 67.1 Å². The molecule has 4 rings (SSSR count). The lowest BCUT2D eigenvalue weighted by Crippen LogP contribution is -2.47. The van der Waals surface area contributed by atoms with Gasteiger partial charge in [-0.25, -0.2) is 0 Å². The van der Waals surface area contributed by atoms with Crippen molar-refractivity contribution in [2.75, 3.05) is 25.7 Å². The smallest absolute Gasteiger partial charge is 0.230 e. The average Bonchev–Trinajstić information content (AvgIpc) is 3.69. The highest BCUT2D eigenvalue weighted by molar-refractivity contribution is 5.97. The number of hydrogen-bond acceptors (Lipinski definition) is 6. The van der Waals surface area contributed by atoms with Crippen LogP contribution >= 0.6 is 0 Å². The third kappa shape index (κ3) is 5.50. The number of benzene rings is 2. The summed E-state index contributed by atoms with van der Waals surface area (Å²) in [6, 6.07) is 16.0. The van der Waals surface area contributed by atoms with E-state index >= 15 is 0 Å². The Labute approximate surface area is 200 Å². The van der Waals surface area contributed by atoms with E-state index in [9.17, 15) is 4.79 Å². The van der Waals surface area contributed by atoms with Crippen LogP contribution in [0.3, 0.4) is 0 Å². The predicted molar refractivity (Wildman–Crippen MR) is 132 cm³/mol. The summed E-state index contributed by atoms with van der Waals surface area (Å²) in [5.41, 5.74) is 11.4. The number of aromatic nitrogens is 2. The Kier molecular flexibility index (Phi) is 7.67. The maximum absolute atomic E-state index is 13.6. The highest BCUT2D eigenvalue weighted by Crippen LogP contribution is 2.48. The van der Waals surface area contributed by atoms with Crippen molar-refractivity contribution in [1.82, 2.24) is 9.97 Å². The first kappa shape index (κ1) is 24.0. The Morgan fingerprint density at radius 2 is 1.76 bits per heavy atom. The molecular weight excluding hydrogens is 428 g/mol. The fourth-order valence-electron chi connectivity index (χ4n) is 4.15. The number of ether oxygens (including phenoxy) is 2. The van der Waals surface area contributed by atoms with E-state index in [1.807, 2.05) is 31.2 Å². The van der Waals surface area contributed by atoms with Crippen LogP contribution in [-0.4, -0.2) is 48.8 Å². The largest absolute Gasteiger partial charge is 0.380 e. The average molecular weight is 461 g/mol. The summed E-state index contributed by atoms with van der Waals surface area (Å²) in [6.07, 6.45) is 5.66. The maximum atomic E-state index is 13.6. The van der Waals surface area contributed by atoms with E-state index in [-0.39, 0.29) is 29.9 Å². The number of carbonyl (C=O) groups excluding carboxylic acids is 1. The number of amides is 1. The van der Waals surface area contributed by atoms with E-state index in [2.05, 4.69) is 34.2 Å². The van der Waals surface area contributed by atoms with Gasteiger partial charge in [0, 0.05) is 62.9 Å². The van der Waals surface area contributed by atoms with Crippen LogP contribution in [0, 0.1) is 5.92 Å². The summed E-state index contributed by atoms with van der Waals surface area (Å²) in [4.78, 5) is 23.9. The van der Waals surface area contributed by atoms with Crippen LogP contribution in [-0.2, 0) is 20.9 Å². The SMILES string of the molecule is COCc1ccc(-c2ccc(N(C[C@@H](N)[C@@H](C)OC)C(=O)[C@@H]3C[C@H]3c3cnccn3)cc2)cc1. The molecule has 7 heteroatoms. The zero-order valence-corrected chi connectivity index (χ0v) is 19.9. The molecule has 1 amide bonds. The topological polar surface area (TPSA) is 90.6 Å². The van der Waals surface area contributed by atoms with Gasteiger partial charge in [0.2, 0.25) is 5.91 Å². The molecule has 7 nitrogen and oxygen atoms in total. The molecule has 0 spiro atoms. The summed E-state index contributed by atoms with van der Waals surface area (Å²) in [7, 11) is 3.32. The number of anilines is 1. The van der Waals surface area contributed by atoms with Crippen LogP contribution in [0.4, 0.5) is 5.69 Å². The second-order valence-corrected chi connectivity index (χ2v) is 8.81. The van der Waals surface area contributed by atoms with Crippen molar-refractivity contribution >= 4 is 11.6 Å². The minimum Gasteiger partial charge on any atom is -0.380 e. The second-order valence-electron chi connectivity index (χ2n) is 8.81. The van der Waals surface area contributed by atoms with E-state index in [0.717, 1.165) is 34.5 Å². The molecule has 178 valence electrons. The van der Waals surface area contributed by atoms with Crippen LogP contribution in [0.1, 0.15) is 30.5 Å². The monoisotopic (exact) mass is 460 g/mol. The van der Waals surface area contributed by atoms with Crippen LogP contribution in [0.2, 0.25) is 0 Å². The zero-order valence-electron chi connectivity index (χ0n) is 19.9.